The number of hydrogen-bond donors (Lipinski definition) is 2. The summed E-state index contributed by atoms with van der Waals surface area (Å²) in [5.74, 6) is -0.336. The first-order valence-electron chi connectivity index (χ1n) is 6.73. The van der Waals surface area contributed by atoms with Crippen molar-refractivity contribution < 1.29 is 9.90 Å². The molecule has 1 aliphatic carbocycles. The van der Waals surface area contributed by atoms with Crippen LogP contribution in [0.15, 0.2) is 21.9 Å². The number of carbonyl (C=O) groups excluding carboxylic acids is 1. The standard InChI is InChI=1S/C13H19N3O4/c1-15-12(19)6-7-16(13(15)20)8-11(18)14-9-4-2-3-5-10(9)17/h6-7,9-10,17H,2-5,8H2,1H3,(H,14,18)/t9-,10-/m1/s1. The van der Waals surface area contributed by atoms with E-state index in [9.17, 15) is 19.5 Å². The van der Waals surface area contributed by atoms with Gasteiger partial charge in [0.05, 0.1) is 12.1 Å². The van der Waals surface area contributed by atoms with Gasteiger partial charge in [-0.25, -0.2) is 4.79 Å². The second-order valence-corrected chi connectivity index (χ2v) is 5.15. The highest BCUT2D eigenvalue weighted by molar-refractivity contribution is 5.76. The molecule has 7 heteroatoms. The number of rotatable bonds is 3. The quantitative estimate of drug-likeness (QED) is 0.740. The molecule has 2 N–H and O–H groups in total. The molecule has 0 unspecified atom stereocenters. The van der Waals surface area contributed by atoms with E-state index in [0.717, 1.165) is 23.8 Å². The highest BCUT2D eigenvalue weighted by atomic mass is 16.3. The van der Waals surface area contributed by atoms with Crippen LogP contribution in [0.3, 0.4) is 0 Å². The molecular formula is C13H19N3O4. The van der Waals surface area contributed by atoms with Gasteiger partial charge in [-0.2, -0.15) is 0 Å². The summed E-state index contributed by atoms with van der Waals surface area (Å²) in [4.78, 5) is 34.9. The summed E-state index contributed by atoms with van der Waals surface area (Å²) in [7, 11) is 1.37. The first kappa shape index (κ1) is 14.5. The molecule has 1 heterocycles. The average Bonchev–Trinajstić information content (AvgIpc) is 2.42. The summed E-state index contributed by atoms with van der Waals surface area (Å²) < 4.78 is 2.12. The van der Waals surface area contributed by atoms with Gasteiger partial charge in [0.1, 0.15) is 6.54 Å². The van der Waals surface area contributed by atoms with Gasteiger partial charge in [0, 0.05) is 19.3 Å². The van der Waals surface area contributed by atoms with Gasteiger partial charge in [-0.05, 0) is 12.8 Å². The Morgan fingerprint density at radius 1 is 1.40 bits per heavy atom. The summed E-state index contributed by atoms with van der Waals surface area (Å²) in [6.07, 6.45) is 4.15. The van der Waals surface area contributed by atoms with E-state index in [1.54, 1.807) is 0 Å². The number of nitrogens with one attached hydrogen (secondary N) is 1. The maximum atomic E-state index is 11.9. The number of aromatic nitrogens is 2. The van der Waals surface area contributed by atoms with Crippen molar-refractivity contribution in [3.63, 3.8) is 0 Å². The fourth-order valence-corrected chi connectivity index (χ4v) is 2.42. The molecular weight excluding hydrogens is 262 g/mol. The Labute approximate surface area is 115 Å². The van der Waals surface area contributed by atoms with Crippen molar-refractivity contribution in [2.45, 2.75) is 44.4 Å². The van der Waals surface area contributed by atoms with Crippen molar-refractivity contribution in [3.8, 4) is 0 Å². The maximum absolute atomic E-state index is 11.9. The van der Waals surface area contributed by atoms with Crippen LogP contribution in [0.25, 0.3) is 0 Å². The smallest absolute Gasteiger partial charge is 0.331 e. The first-order valence-corrected chi connectivity index (χ1v) is 6.73. The Bertz CT molecular complexity index is 604. The number of amides is 1. The zero-order valence-corrected chi connectivity index (χ0v) is 11.4. The Balaban J connectivity index is 2.03. The fraction of sp³-hybridized carbons (Fsp3) is 0.615. The molecule has 0 bridgehead atoms. The predicted octanol–water partition coefficient (Wildman–Crippen LogP) is -1.03. The molecule has 20 heavy (non-hydrogen) atoms. The summed E-state index contributed by atoms with van der Waals surface area (Å²) in [6, 6.07) is 0.990. The van der Waals surface area contributed by atoms with Crippen LogP contribution in [0, 0.1) is 0 Å². The molecule has 0 radical (unpaired) electrons. The van der Waals surface area contributed by atoms with Gasteiger partial charge in [-0.1, -0.05) is 12.8 Å². The highest BCUT2D eigenvalue weighted by Crippen LogP contribution is 2.18. The van der Waals surface area contributed by atoms with Crippen molar-refractivity contribution in [3.05, 3.63) is 33.1 Å². The fourth-order valence-electron chi connectivity index (χ4n) is 2.42. The molecule has 0 aliphatic heterocycles. The molecule has 2 rings (SSSR count). The summed E-state index contributed by atoms with van der Waals surface area (Å²) >= 11 is 0. The Morgan fingerprint density at radius 2 is 2.10 bits per heavy atom. The van der Waals surface area contributed by atoms with E-state index in [0.29, 0.717) is 6.42 Å². The van der Waals surface area contributed by atoms with Crippen LogP contribution in [-0.4, -0.2) is 32.3 Å². The monoisotopic (exact) mass is 281 g/mol. The minimum Gasteiger partial charge on any atom is -0.391 e. The lowest BCUT2D eigenvalue weighted by atomic mass is 9.92. The summed E-state index contributed by atoms with van der Waals surface area (Å²) in [6.45, 7) is -0.157. The minimum atomic E-state index is -0.531. The minimum absolute atomic E-state index is 0.157. The zero-order chi connectivity index (χ0) is 14.7. The number of nitrogens with zero attached hydrogens (tertiary/aromatic N) is 2. The number of carbonyl (C=O) groups is 1. The molecule has 1 amide bonds. The van der Waals surface area contributed by atoms with Crippen molar-refractivity contribution in [1.29, 1.82) is 0 Å². The van der Waals surface area contributed by atoms with Crippen LogP contribution < -0.4 is 16.6 Å². The molecule has 1 aromatic heterocycles. The molecule has 0 aromatic carbocycles. The average molecular weight is 281 g/mol. The lowest BCUT2D eigenvalue weighted by Gasteiger charge is -2.28. The van der Waals surface area contributed by atoms with E-state index in [1.165, 1.54) is 23.9 Å². The van der Waals surface area contributed by atoms with Crippen LogP contribution in [0.5, 0.6) is 0 Å². The van der Waals surface area contributed by atoms with E-state index in [2.05, 4.69) is 5.32 Å². The molecule has 7 nitrogen and oxygen atoms in total. The van der Waals surface area contributed by atoms with Gasteiger partial charge in [0.2, 0.25) is 5.91 Å². The predicted molar refractivity (Wildman–Crippen MR) is 72.3 cm³/mol. The third kappa shape index (κ3) is 3.16. The zero-order valence-electron chi connectivity index (χ0n) is 11.4. The largest absolute Gasteiger partial charge is 0.391 e. The van der Waals surface area contributed by atoms with Crippen molar-refractivity contribution in [1.82, 2.24) is 14.5 Å². The molecule has 0 spiro atoms. The van der Waals surface area contributed by atoms with Gasteiger partial charge in [0.15, 0.2) is 0 Å². The highest BCUT2D eigenvalue weighted by Gasteiger charge is 2.24. The van der Waals surface area contributed by atoms with E-state index in [-0.39, 0.29) is 18.5 Å². The molecule has 1 aliphatic rings. The van der Waals surface area contributed by atoms with E-state index in [1.807, 2.05) is 0 Å². The Hall–Kier alpha value is -1.89. The van der Waals surface area contributed by atoms with Crippen LogP contribution in [0.4, 0.5) is 0 Å². The molecule has 1 fully saturated rings. The van der Waals surface area contributed by atoms with Crippen molar-refractivity contribution in [2.75, 3.05) is 0 Å². The van der Waals surface area contributed by atoms with Crippen molar-refractivity contribution in [2.24, 2.45) is 7.05 Å². The van der Waals surface area contributed by atoms with Crippen LogP contribution in [0.1, 0.15) is 25.7 Å². The van der Waals surface area contributed by atoms with Gasteiger partial charge in [0.25, 0.3) is 5.56 Å². The van der Waals surface area contributed by atoms with E-state index < -0.39 is 17.4 Å². The Morgan fingerprint density at radius 3 is 2.80 bits per heavy atom. The second-order valence-electron chi connectivity index (χ2n) is 5.15. The van der Waals surface area contributed by atoms with Gasteiger partial charge >= 0.3 is 5.69 Å². The van der Waals surface area contributed by atoms with Gasteiger partial charge in [-0.3, -0.25) is 18.7 Å². The molecule has 110 valence electrons. The summed E-state index contributed by atoms with van der Waals surface area (Å²) in [5.41, 5.74) is -0.939. The van der Waals surface area contributed by atoms with E-state index >= 15 is 0 Å². The lowest BCUT2D eigenvalue weighted by Crippen LogP contribution is -2.47. The normalized spacial score (nSPS) is 22.5. The first-order chi connectivity index (χ1) is 9.49. The third-order valence-electron chi connectivity index (χ3n) is 3.65. The SMILES string of the molecule is Cn1c(=O)ccn(CC(=O)N[C@@H]2CCCC[C@H]2O)c1=O. The van der Waals surface area contributed by atoms with Gasteiger partial charge in [-0.15, -0.1) is 0 Å². The van der Waals surface area contributed by atoms with Crippen LogP contribution >= 0.6 is 0 Å². The maximum Gasteiger partial charge on any atom is 0.331 e. The second kappa shape index (κ2) is 6.04. The molecule has 2 atom stereocenters. The van der Waals surface area contributed by atoms with Gasteiger partial charge < -0.3 is 10.4 Å². The molecule has 1 saturated carbocycles. The number of hydrogen-bond acceptors (Lipinski definition) is 4. The Kier molecular flexibility index (Phi) is 4.39. The van der Waals surface area contributed by atoms with Crippen molar-refractivity contribution >= 4 is 5.91 Å². The van der Waals surface area contributed by atoms with Crippen LogP contribution in [0.2, 0.25) is 0 Å². The molecule has 1 aromatic rings. The topological polar surface area (TPSA) is 93.3 Å². The van der Waals surface area contributed by atoms with E-state index in [4.69, 9.17) is 0 Å². The third-order valence-corrected chi connectivity index (χ3v) is 3.65. The van der Waals surface area contributed by atoms with Crippen LogP contribution in [-0.2, 0) is 18.4 Å². The number of aliphatic hydroxyl groups is 1. The number of aliphatic hydroxyl groups excluding tert-OH is 1. The summed E-state index contributed by atoms with van der Waals surface area (Å²) in [5, 5.41) is 12.5. The lowest BCUT2D eigenvalue weighted by molar-refractivity contribution is -0.123. The molecule has 0 saturated heterocycles.